The molecule has 2 aromatic carbocycles. The molecule has 33 heavy (non-hydrogen) atoms. The number of sulfonamides is 1. The molecular weight excluding hydrogens is 485 g/mol. The molecule has 2 aromatic rings. The second-order valence-electron chi connectivity index (χ2n) is 7.69. The van der Waals surface area contributed by atoms with E-state index < -0.39 is 28.5 Å². The number of hydrogen-bond donors (Lipinski definition) is 1. The van der Waals surface area contributed by atoms with E-state index in [4.69, 9.17) is 23.2 Å². The smallest absolute Gasteiger partial charge is 0.243 e. The molecule has 0 bridgehead atoms. The molecule has 0 aliphatic heterocycles. The van der Waals surface area contributed by atoms with Gasteiger partial charge >= 0.3 is 0 Å². The summed E-state index contributed by atoms with van der Waals surface area (Å²) in [5.41, 5.74) is 0.729. The van der Waals surface area contributed by atoms with Crippen LogP contribution in [0.3, 0.4) is 0 Å². The first kappa shape index (κ1) is 27.1. The Kier molecular flexibility index (Phi) is 10.2. The third kappa shape index (κ3) is 7.71. The highest BCUT2D eigenvalue weighted by molar-refractivity contribution is 7.89. The fraction of sp³-hybridized carbons (Fsp3) is 0.391. The van der Waals surface area contributed by atoms with Crippen LogP contribution in [-0.4, -0.2) is 55.6 Å². The summed E-state index contributed by atoms with van der Waals surface area (Å²) >= 11 is 11.9. The fourth-order valence-corrected chi connectivity index (χ4v) is 4.56. The lowest BCUT2D eigenvalue weighted by Gasteiger charge is -2.30. The lowest BCUT2D eigenvalue weighted by atomic mass is 10.1. The van der Waals surface area contributed by atoms with Crippen LogP contribution in [0.25, 0.3) is 0 Å². The van der Waals surface area contributed by atoms with Crippen LogP contribution in [0.1, 0.15) is 32.3 Å². The summed E-state index contributed by atoms with van der Waals surface area (Å²) in [6.07, 6.45) is 1.75. The molecule has 0 saturated carbocycles. The number of nitrogens with one attached hydrogen (secondary N) is 1. The number of amides is 2. The van der Waals surface area contributed by atoms with Gasteiger partial charge in [0.1, 0.15) is 6.04 Å². The minimum absolute atomic E-state index is 0.0222. The standard InChI is InChI=1S/C23H29Cl2N3O4S/c1-4-5-13-26-23(30)17(2)28(15-18-7-6-8-20(25)14-18)22(29)16-27(3)33(31,32)21-11-9-19(24)10-12-21/h6-12,14,17H,4-5,13,15-16H2,1-3H3,(H,26,30). The Morgan fingerprint density at radius 2 is 1.73 bits per heavy atom. The van der Waals surface area contributed by atoms with Crippen molar-refractivity contribution in [2.75, 3.05) is 20.1 Å². The Morgan fingerprint density at radius 3 is 2.33 bits per heavy atom. The maximum absolute atomic E-state index is 13.2. The molecule has 1 atom stereocenters. The molecule has 0 saturated heterocycles. The average Bonchev–Trinajstić information content (AvgIpc) is 2.77. The van der Waals surface area contributed by atoms with E-state index in [-0.39, 0.29) is 17.3 Å². The summed E-state index contributed by atoms with van der Waals surface area (Å²) < 4.78 is 26.8. The summed E-state index contributed by atoms with van der Waals surface area (Å²) in [6, 6.07) is 11.9. The molecule has 0 aromatic heterocycles. The van der Waals surface area contributed by atoms with Gasteiger partial charge in [-0.15, -0.1) is 0 Å². The van der Waals surface area contributed by atoms with Crippen LogP contribution in [0.2, 0.25) is 10.0 Å². The van der Waals surface area contributed by atoms with E-state index in [1.165, 1.54) is 36.2 Å². The van der Waals surface area contributed by atoms with Gasteiger partial charge in [-0.3, -0.25) is 9.59 Å². The number of unbranched alkanes of at least 4 members (excludes halogenated alkanes) is 1. The van der Waals surface area contributed by atoms with Crippen LogP contribution >= 0.6 is 23.2 Å². The summed E-state index contributed by atoms with van der Waals surface area (Å²) in [6.45, 7) is 3.82. The number of rotatable bonds is 11. The van der Waals surface area contributed by atoms with Crippen molar-refractivity contribution in [2.24, 2.45) is 0 Å². The normalized spacial score (nSPS) is 12.4. The van der Waals surface area contributed by atoms with Crippen molar-refractivity contribution in [3.63, 3.8) is 0 Å². The van der Waals surface area contributed by atoms with Crippen LogP contribution in [-0.2, 0) is 26.2 Å². The van der Waals surface area contributed by atoms with Gasteiger partial charge in [0, 0.05) is 30.2 Å². The number of benzene rings is 2. The zero-order valence-corrected chi connectivity index (χ0v) is 21.3. The van der Waals surface area contributed by atoms with E-state index >= 15 is 0 Å². The molecule has 1 N–H and O–H groups in total. The number of halogens is 2. The van der Waals surface area contributed by atoms with E-state index in [0.29, 0.717) is 16.6 Å². The molecule has 7 nitrogen and oxygen atoms in total. The maximum Gasteiger partial charge on any atom is 0.243 e. The van der Waals surface area contributed by atoms with Crippen molar-refractivity contribution < 1.29 is 18.0 Å². The predicted octanol–water partition coefficient (Wildman–Crippen LogP) is 3.95. The molecule has 180 valence electrons. The molecule has 0 spiro atoms. The van der Waals surface area contributed by atoms with E-state index in [0.717, 1.165) is 22.7 Å². The number of hydrogen-bond acceptors (Lipinski definition) is 4. The van der Waals surface area contributed by atoms with Crippen molar-refractivity contribution in [2.45, 2.75) is 44.2 Å². The Balaban J connectivity index is 2.24. The number of likely N-dealkylation sites (N-methyl/N-ethyl adjacent to an activating group) is 1. The monoisotopic (exact) mass is 513 g/mol. The van der Waals surface area contributed by atoms with E-state index in [9.17, 15) is 18.0 Å². The number of carbonyl (C=O) groups is 2. The third-order valence-electron chi connectivity index (χ3n) is 5.12. The van der Waals surface area contributed by atoms with Gasteiger partial charge in [0.2, 0.25) is 21.8 Å². The lowest BCUT2D eigenvalue weighted by Crippen LogP contribution is -2.50. The Morgan fingerprint density at radius 1 is 1.06 bits per heavy atom. The quantitative estimate of drug-likeness (QED) is 0.460. The SMILES string of the molecule is CCCCNC(=O)C(C)N(Cc1cccc(Cl)c1)C(=O)CN(C)S(=O)(=O)c1ccc(Cl)cc1. The van der Waals surface area contributed by atoms with Crippen LogP contribution in [0.5, 0.6) is 0 Å². The zero-order chi connectivity index (χ0) is 24.6. The first-order chi connectivity index (χ1) is 15.6. The first-order valence-corrected chi connectivity index (χ1v) is 12.8. The van der Waals surface area contributed by atoms with Crippen LogP contribution < -0.4 is 5.32 Å². The van der Waals surface area contributed by atoms with Crippen molar-refractivity contribution in [1.29, 1.82) is 0 Å². The number of nitrogens with zero attached hydrogens (tertiary/aromatic N) is 2. The fourth-order valence-electron chi connectivity index (χ4n) is 3.10. The van der Waals surface area contributed by atoms with Crippen molar-refractivity contribution in [3.8, 4) is 0 Å². The van der Waals surface area contributed by atoms with Crippen molar-refractivity contribution in [3.05, 3.63) is 64.1 Å². The first-order valence-electron chi connectivity index (χ1n) is 10.6. The van der Waals surface area contributed by atoms with Gasteiger partial charge in [-0.25, -0.2) is 8.42 Å². The van der Waals surface area contributed by atoms with Crippen molar-refractivity contribution >= 4 is 45.0 Å². The Bertz CT molecular complexity index is 1060. The Hall–Kier alpha value is -2.13. The largest absolute Gasteiger partial charge is 0.354 e. The van der Waals surface area contributed by atoms with E-state index in [1.54, 1.807) is 31.2 Å². The van der Waals surface area contributed by atoms with E-state index in [1.807, 2.05) is 6.92 Å². The second-order valence-corrected chi connectivity index (χ2v) is 10.6. The van der Waals surface area contributed by atoms with E-state index in [2.05, 4.69) is 5.32 Å². The minimum Gasteiger partial charge on any atom is -0.354 e. The van der Waals surface area contributed by atoms with Gasteiger partial charge in [0.15, 0.2) is 0 Å². The zero-order valence-electron chi connectivity index (χ0n) is 18.9. The minimum atomic E-state index is -3.92. The lowest BCUT2D eigenvalue weighted by molar-refractivity contribution is -0.140. The summed E-state index contributed by atoms with van der Waals surface area (Å²) in [5.74, 6) is -0.810. The van der Waals surface area contributed by atoms with Crippen LogP contribution in [0.15, 0.2) is 53.4 Å². The molecule has 0 aliphatic carbocycles. The van der Waals surface area contributed by atoms with Gasteiger partial charge in [0.05, 0.1) is 11.4 Å². The molecule has 0 aliphatic rings. The molecule has 0 heterocycles. The molecule has 10 heteroatoms. The molecule has 1 unspecified atom stereocenters. The summed E-state index contributed by atoms with van der Waals surface area (Å²) in [4.78, 5) is 27.3. The predicted molar refractivity (Wildman–Crippen MR) is 131 cm³/mol. The Labute approximate surface area is 205 Å². The topological polar surface area (TPSA) is 86.8 Å². The highest BCUT2D eigenvalue weighted by atomic mass is 35.5. The third-order valence-corrected chi connectivity index (χ3v) is 7.42. The van der Waals surface area contributed by atoms with Gasteiger partial charge < -0.3 is 10.2 Å². The highest BCUT2D eigenvalue weighted by Gasteiger charge is 2.30. The molecule has 2 rings (SSSR count). The van der Waals surface area contributed by atoms with Gasteiger partial charge in [0.25, 0.3) is 0 Å². The molecular formula is C23H29Cl2N3O4S. The highest BCUT2D eigenvalue weighted by Crippen LogP contribution is 2.19. The summed E-state index contributed by atoms with van der Waals surface area (Å²) in [7, 11) is -2.60. The second kappa shape index (κ2) is 12.4. The molecule has 0 fully saturated rings. The van der Waals surface area contributed by atoms with Crippen molar-refractivity contribution in [1.82, 2.24) is 14.5 Å². The van der Waals surface area contributed by atoms with Crippen LogP contribution in [0.4, 0.5) is 0 Å². The molecule has 2 amide bonds. The van der Waals surface area contributed by atoms with Gasteiger partial charge in [-0.05, 0) is 55.3 Å². The molecule has 0 radical (unpaired) electrons. The number of carbonyl (C=O) groups excluding carboxylic acids is 2. The van der Waals surface area contributed by atoms with Gasteiger partial charge in [-0.2, -0.15) is 4.31 Å². The maximum atomic E-state index is 13.2. The van der Waals surface area contributed by atoms with Crippen LogP contribution in [0, 0.1) is 0 Å². The average molecular weight is 514 g/mol. The summed E-state index contributed by atoms with van der Waals surface area (Å²) in [5, 5.41) is 3.74. The van der Waals surface area contributed by atoms with Gasteiger partial charge in [-0.1, -0.05) is 48.7 Å².